The van der Waals surface area contributed by atoms with Crippen molar-refractivity contribution in [3.05, 3.63) is 66.0 Å². The van der Waals surface area contributed by atoms with E-state index in [4.69, 9.17) is 11.2 Å². The average molecular weight is 433 g/mol. The van der Waals surface area contributed by atoms with Crippen LogP contribution < -0.4 is 9.64 Å². The lowest BCUT2D eigenvalue weighted by Crippen LogP contribution is -2.28. The Bertz CT molecular complexity index is 1070. The average Bonchev–Trinajstić information content (AvgIpc) is 3.58. The molecule has 1 fully saturated rings. The zero-order valence-corrected chi connectivity index (χ0v) is 18.2. The number of ether oxygens (including phenoxy) is 1. The van der Waals surface area contributed by atoms with Gasteiger partial charge in [0, 0.05) is 18.7 Å². The summed E-state index contributed by atoms with van der Waals surface area (Å²) < 4.78 is 7.54. The molecular weight excluding hydrogens is 408 g/mol. The van der Waals surface area contributed by atoms with Crippen LogP contribution in [0.3, 0.4) is 0 Å². The summed E-state index contributed by atoms with van der Waals surface area (Å²) in [5.41, 5.74) is 1.99. The maximum absolute atomic E-state index is 12.8. The fourth-order valence-corrected chi connectivity index (χ4v) is 4.08. The number of hydrogen-bond donors (Lipinski definition) is 0. The number of rotatable bonds is 9. The fourth-order valence-electron chi connectivity index (χ4n) is 3.22. The normalized spacial score (nSPS) is 12.9. The highest BCUT2D eigenvalue weighted by Gasteiger charge is 2.30. The van der Waals surface area contributed by atoms with Gasteiger partial charge >= 0.3 is 0 Å². The SMILES string of the molecule is C#CCOc1ccc(N(C)C(=O)CSc2nnc(C3CC3)n2Cc2ccccc2)cc1. The Kier molecular flexibility index (Phi) is 6.58. The van der Waals surface area contributed by atoms with Crippen molar-refractivity contribution in [1.82, 2.24) is 14.8 Å². The number of hydrogen-bond acceptors (Lipinski definition) is 5. The topological polar surface area (TPSA) is 60.2 Å². The Morgan fingerprint density at radius 2 is 1.94 bits per heavy atom. The molecule has 158 valence electrons. The van der Waals surface area contributed by atoms with Crippen molar-refractivity contribution < 1.29 is 9.53 Å². The zero-order chi connectivity index (χ0) is 21.6. The van der Waals surface area contributed by atoms with Crippen LogP contribution in [0.5, 0.6) is 5.75 Å². The third-order valence-electron chi connectivity index (χ3n) is 5.12. The Labute approximate surface area is 186 Å². The monoisotopic (exact) mass is 432 g/mol. The number of carbonyl (C=O) groups is 1. The van der Waals surface area contributed by atoms with E-state index in [1.165, 1.54) is 17.3 Å². The van der Waals surface area contributed by atoms with Gasteiger partial charge in [-0.3, -0.25) is 4.79 Å². The number of anilines is 1. The summed E-state index contributed by atoms with van der Waals surface area (Å²) in [6, 6.07) is 17.6. The largest absolute Gasteiger partial charge is 0.481 e. The van der Waals surface area contributed by atoms with Crippen LogP contribution in [0.4, 0.5) is 5.69 Å². The molecule has 1 aliphatic carbocycles. The van der Waals surface area contributed by atoms with Crippen molar-refractivity contribution in [2.24, 2.45) is 0 Å². The molecule has 2 aromatic carbocycles. The highest BCUT2D eigenvalue weighted by atomic mass is 32.2. The molecule has 0 saturated heterocycles. The number of carbonyl (C=O) groups excluding carboxylic acids is 1. The number of nitrogens with zero attached hydrogens (tertiary/aromatic N) is 4. The quantitative estimate of drug-likeness (QED) is 0.378. The van der Waals surface area contributed by atoms with E-state index in [2.05, 4.69) is 32.8 Å². The molecule has 1 amide bonds. The van der Waals surface area contributed by atoms with Gasteiger partial charge in [0.25, 0.3) is 0 Å². The minimum atomic E-state index is -0.00970. The predicted molar refractivity (Wildman–Crippen MR) is 122 cm³/mol. The third-order valence-corrected chi connectivity index (χ3v) is 6.07. The summed E-state index contributed by atoms with van der Waals surface area (Å²) in [6.45, 7) is 0.933. The standard InChI is InChI=1S/C24H24N4O2S/c1-3-15-30-21-13-11-20(12-14-21)27(2)22(29)17-31-24-26-25-23(19-9-10-19)28(24)16-18-7-5-4-6-8-18/h1,4-8,11-14,19H,9-10,15-17H2,2H3. The van der Waals surface area contributed by atoms with E-state index in [0.717, 1.165) is 29.5 Å². The highest BCUT2D eigenvalue weighted by molar-refractivity contribution is 7.99. The molecule has 4 rings (SSSR count). The van der Waals surface area contributed by atoms with Crippen LogP contribution in [-0.2, 0) is 11.3 Å². The number of aromatic nitrogens is 3. The lowest BCUT2D eigenvalue weighted by Gasteiger charge is -2.17. The van der Waals surface area contributed by atoms with E-state index in [9.17, 15) is 4.79 Å². The molecule has 3 aromatic rings. The van der Waals surface area contributed by atoms with Crippen molar-refractivity contribution in [2.75, 3.05) is 24.3 Å². The number of amides is 1. The van der Waals surface area contributed by atoms with E-state index in [0.29, 0.717) is 18.2 Å². The maximum atomic E-state index is 12.8. The van der Waals surface area contributed by atoms with Crippen molar-refractivity contribution in [1.29, 1.82) is 0 Å². The second-order valence-electron chi connectivity index (χ2n) is 7.41. The van der Waals surface area contributed by atoms with E-state index >= 15 is 0 Å². The molecular formula is C24H24N4O2S. The first-order chi connectivity index (χ1) is 15.2. The summed E-state index contributed by atoms with van der Waals surface area (Å²) in [5, 5.41) is 9.60. The van der Waals surface area contributed by atoms with Crippen LogP contribution in [0.15, 0.2) is 59.8 Å². The lowest BCUT2D eigenvalue weighted by atomic mass is 10.2. The summed E-state index contributed by atoms with van der Waals surface area (Å²) in [7, 11) is 1.77. The molecule has 1 heterocycles. The van der Waals surface area contributed by atoms with Crippen molar-refractivity contribution in [3.63, 3.8) is 0 Å². The molecule has 0 radical (unpaired) electrons. The molecule has 0 aliphatic heterocycles. The van der Waals surface area contributed by atoms with Gasteiger partial charge in [0.1, 0.15) is 18.2 Å². The first-order valence-corrected chi connectivity index (χ1v) is 11.2. The van der Waals surface area contributed by atoms with Crippen LogP contribution in [0.1, 0.15) is 30.1 Å². The fraction of sp³-hybridized carbons (Fsp3) is 0.292. The van der Waals surface area contributed by atoms with E-state index in [-0.39, 0.29) is 18.3 Å². The molecule has 0 unspecified atom stereocenters. The van der Waals surface area contributed by atoms with Crippen LogP contribution in [-0.4, -0.2) is 40.1 Å². The number of terminal acetylenes is 1. The van der Waals surface area contributed by atoms with Gasteiger partial charge in [-0.25, -0.2) is 0 Å². The van der Waals surface area contributed by atoms with Crippen molar-refractivity contribution in [3.8, 4) is 18.1 Å². The molecule has 0 bridgehead atoms. The Morgan fingerprint density at radius 1 is 1.19 bits per heavy atom. The molecule has 0 atom stereocenters. The zero-order valence-electron chi connectivity index (χ0n) is 17.4. The minimum Gasteiger partial charge on any atom is -0.481 e. The maximum Gasteiger partial charge on any atom is 0.237 e. The molecule has 0 spiro atoms. The smallest absolute Gasteiger partial charge is 0.237 e. The van der Waals surface area contributed by atoms with E-state index < -0.39 is 0 Å². The van der Waals surface area contributed by atoms with Gasteiger partial charge < -0.3 is 14.2 Å². The second kappa shape index (κ2) is 9.71. The number of benzene rings is 2. The summed E-state index contributed by atoms with van der Waals surface area (Å²) in [4.78, 5) is 14.4. The van der Waals surface area contributed by atoms with Gasteiger partial charge in [-0.05, 0) is 42.7 Å². The summed E-state index contributed by atoms with van der Waals surface area (Å²) in [6.07, 6.45) is 7.52. The molecule has 6 nitrogen and oxygen atoms in total. The van der Waals surface area contributed by atoms with Gasteiger partial charge in [-0.1, -0.05) is 48.0 Å². The van der Waals surface area contributed by atoms with Crippen molar-refractivity contribution >= 4 is 23.4 Å². The lowest BCUT2D eigenvalue weighted by molar-refractivity contribution is -0.115. The van der Waals surface area contributed by atoms with E-state index in [1.54, 1.807) is 11.9 Å². The predicted octanol–water partition coefficient (Wildman–Crippen LogP) is 3.97. The Hall–Kier alpha value is -3.24. The summed E-state index contributed by atoms with van der Waals surface area (Å²) >= 11 is 1.43. The van der Waals surface area contributed by atoms with Gasteiger partial charge in [-0.15, -0.1) is 16.6 Å². The minimum absolute atomic E-state index is 0.00970. The highest BCUT2D eigenvalue weighted by Crippen LogP contribution is 2.40. The van der Waals surface area contributed by atoms with Crippen LogP contribution >= 0.6 is 11.8 Å². The second-order valence-corrected chi connectivity index (χ2v) is 8.36. The molecule has 1 aromatic heterocycles. The van der Waals surface area contributed by atoms with Gasteiger partial charge in [0.15, 0.2) is 5.16 Å². The first kappa shape index (κ1) is 21.0. The van der Waals surface area contributed by atoms with Crippen LogP contribution in [0.2, 0.25) is 0 Å². The molecule has 31 heavy (non-hydrogen) atoms. The van der Waals surface area contributed by atoms with Crippen LogP contribution in [0.25, 0.3) is 0 Å². The first-order valence-electron chi connectivity index (χ1n) is 10.2. The Balaban J connectivity index is 1.41. The third kappa shape index (κ3) is 5.28. The molecule has 0 N–H and O–H groups in total. The Morgan fingerprint density at radius 3 is 2.61 bits per heavy atom. The molecule has 1 aliphatic rings. The van der Waals surface area contributed by atoms with Gasteiger partial charge in [0.2, 0.25) is 5.91 Å². The molecule has 1 saturated carbocycles. The van der Waals surface area contributed by atoms with Crippen molar-refractivity contribution in [2.45, 2.75) is 30.5 Å². The number of thioether (sulfide) groups is 1. The summed E-state index contributed by atoms with van der Waals surface area (Å²) in [5.74, 6) is 4.89. The van der Waals surface area contributed by atoms with Crippen LogP contribution in [0, 0.1) is 12.3 Å². The van der Waals surface area contributed by atoms with Gasteiger partial charge in [0.05, 0.1) is 12.3 Å². The van der Waals surface area contributed by atoms with Gasteiger partial charge in [-0.2, -0.15) is 0 Å². The van der Waals surface area contributed by atoms with E-state index in [1.807, 2.05) is 42.5 Å². The molecule has 7 heteroatoms.